The summed E-state index contributed by atoms with van der Waals surface area (Å²) in [6, 6.07) is 4.18. The molecule has 0 aromatic carbocycles. The average molecular weight is 261 g/mol. The number of carbonyl (C=O) groups is 1. The molecule has 0 saturated carbocycles. The zero-order chi connectivity index (χ0) is 12.1. The third-order valence-electron chi connectivity index (χ3n) is 2.04. The predicted molar refractivity (Wildman–Crippen MR) is 69.0 cm³/mol. The lowest BCUT2D eigenvalue weighted by Crippen LogP contribution is -2.38. The van der Waals surface area contributed by atoms with Crippen LogP contribution in [0.3, 0.4) is 0 Å². The van der Waals surface area contributed by atoms with E-state index in [1.165, 1.54) is 11.3 Å². The second kappa shape index (κ2) is 6.23. The Labute approximate surface area is 105 Å². The standard InChI is InChI=1S/C11H17ClN2OS/c1-7(2)14-11(15)6-13-8(3)9-4-5-10(12)16-9/h4-5,7-8,13H,6H2,1-3H3,(H,14,15). The minimum atomic E-state index is 0.0181. The fraction of sp³-hybridized carbons (Fsp3) is 0.545. The summed E-state index contributed by atoms with van der Waals surface area (Å²) in [5, 5.41) is 5.99. The highest BCUT2D eigenvalue weighted by atomic mass is 35.5. The van der Waals surface area contributed by atoms with E-state index in [0.29, 0.717) is 6.54 Å². The van der Waals surface area contributed by atoms with Crippen molar-refractivity contribution >= 4 is 28.8 Å². The molecule has 0 aliphatic heterocycles. The van der Waals surface area contributed by atoms with Crippen LogP contribution in [0.15, 0.2) is 12.1 Å². The maximum absolute atomic E-state index is 11.4. The normalized spacial score (nSPS) is 12.8. The van der Waals surface area contributed by atoms with Gasteiger partial charge in [0, 0.05) is 17.0 Å². The third kappa shape index (κ3) is 4.51. The first-order valence-electron chi connectivity index (χ1n) is 5.27. The van der Waals surface area contributed by atoms with Gasteiger partial charge < -0.3 is 10.6 Å². The number of nitrogens with one attached hydrogen (secondary N) is 2. The summed E-state index contributed by atoms with van der Waals surface area (Å²) in [4.78, 5) is 12.5. The number of carbonyl (C=O) groups excluding carboxylic acids is 1. The molecule has 3 nitrogen and oxygen atoms in total. The smallest absolute Gasteiger partial charge is 0.234 e. The maximum Gasteiger partial charge on any atom is 0.234 e. The van der Waals surface area contributed by atoms with Crippen molar-refractivity contribution in [2.75, 3.05) is 6.54 Å². The number of halogens is 1. The molecule has 1 unspecified atom stereocenters. The molecule has 16 heavy (non-hydrogen) atoms. The van der Waals surface area contributed by atoms with Gasteiger partial charge in [-0.05, 0) is 32.9 Å². The lowest BCUT2D eigenvalue weighted by Gasteiger charge is -2.13. The first kappa shape index (κ1) is 13.5. The van der Waals surface area contributed by atoms with E-state index in [1.54, 1.807) is 0 Å². The van der Waals surface area contributed by atoms with E-state index in [0.717, 1.165) is 9.21 Å². The number of hydrogen-bond donors (Lipinski definition) is 2. The van der Waals surface area contributed by atoms with Gasteiger partial charge >= 0.3 is 0 Å². The SMILES string of the molecule is CC(C)NC(=O)CNC(C)c1ccc(Cl)s1. The van der Waals surface area contributed by atoms with Gasteiger partial charge in [0.05, 0.1) is 10.9 Å². The molecule has 5 heteroatoms. The molecule has 1 heterocycles. The Bertz CT molecular complexity index is 352. The zero-order valence-electron chi connectivity index (χ0n) is 9.71. The Morgan fingerprint density at radius 3 is 2.62 bits per heavy atom. The average Bonchev–Trinajstić information content (AvgIpc) is 2.60. The third-order valence-corrected chi connectivity index (χ3v) is 3.45. The van der Waals surface area contributed by atoms with Crippen molar-refractivity contribution in [2.24, 2.45) is 0 Å². The zero-order valence-corrected chi connectivity index (χ0v) is 11.3. The molecule has 1 rings (SSSR count). The number of amides is 1. The van der Waals surface area contributed by atoms with Gasteiger partial charge in [-0.25, -0.2) is 0 Å². The van der Waals surface area contributed by atoms with Gasteiger partial charge in [0.25, 0.3) is 0 Å². The van der Waals surface area contributed by atoms with Crippen molar-refractivity contribution in [3.63, 3.8) is 0 Å². The Balaban J connectivity index is 2.35. The number of rotatable bonds is 5. The van der Waals surface area contributed by atoms with Crippen molar-refractivity contribution < 1.29 is 4.79 Å². The summed E-state index contributed by atoms with van der Waals surface area (Å²) >= 11 is 7.38. The molecule has 0 aliphatic rings. The second-order valence-electron chi connectivity index (χ2n) is 3.97. The van der Waals surface area contributed by atoms with Crippen molar-refractivity contribution in [1.82, 2.24) is 10.6 Å². The maximum atomic E-state index is 11.4. The largest absolute Gasteiger partial charge is 0.353 e. The van der Waals surface area contributed by atoms with E-state index in [9.17, 15) is 4.79 Å². The van der Waals surface area contributed by atoms with E-state index in [4.69, 9.17) is 11.6 Å². The van der Waals surface area contributed by atoms with Crippen molar-refractivity contribution in [3.05, 3.63) is 21.3 Å². The fourth-order valence-corrected chi connectivity index (χ4v) is 2.37. The van der Waals surface area contributed by atoms with E-state index in [2.05, 4.69) is 10.6 Å². The summed E-state index contributed by atoms with van der Waals surface area (Å²) < 4.78 is 0.773. The first-order valence-corrected chi connectivity index (χ1v) is 6.46. The molecule has 0 aliphatic carbocycles. The first-order chi connectivity index (χ1) is 7.49. The summed E-state index contributed by atoms with van der Waals surface area (Å²) in [5.74, 6) is 0.0181. The molecular weight excluding hydrogens is 244 g/mol. The quantitative estimate of drug-likeness (QED) is 0.854. The number of hydrogen-bond acceptors (Lipinski definition) is 3. The van der Waals surface area contributed by atoms with Crippen LogP contribution in [-0.2, 0) is 4.79 Å². The molecule has 0 saturated heterocycles. The minimum absolute atomic E-state index is 0.0181. The molecule has 0 bridgehead atoms. The molecule has 0 fully saturated rings. The van der Waals surface area contributed by atoms with Gasteiger partial charge in [0.1, 0.15) is 0 Å². The van der Waals surface area contributed by atoms with Gasteiger partial charge in [-0.15, -0.1) is 11.3 Å². The Hall–Kier alpha value is -0.580. The molecule has 1 aromatic rings. The van der Waals surface area contributed by atoms with Crippen LogP contribution in [0.2, 0.25) is 4.34 Å². The topological polar surface area (TPSA) is 41.1 Å². The lowest BCUT2D eigenvalue weighted by atomic mass is 10.3. The summed E-state index contributed by atoms with van der Waals surface area (Å²) in [6.45, 7) is 6.24. The molecule has 1 atom stereocenters. The highest BCUT2D eigenvalue weighted by Crippen LogP contribution is 2.26. The van der Waals surface area contributed by atoms with E-state index >= 15 is 0 Å². The molecule has 0 spiro atoms. The highest BCUT2D eigenvalue weighted by Gasteiger charge is 2.10. The molecule has 2 N–H and O–H groups in total. The van der Waals surface area contributed by atoms with Crippen LogP contribution < -0.4 is 10.6 Å². The van der Waals surface area contributed by atoms with Crippen LogP contribution in [0.25, 0.3) is 0 Å². The van der Waals surface area contributed by atoms with Gasteiger partial charge in [-0.2, -0.15) is 0 Å². The predicted octanol–water partition coefficient (Wildman–Crippen LogP) is 2.58. The van der Waals surface area contributed by atoms with Gasteiger partial charge in [0.2, 0.25) is 5.91 Å². The minimum Gasteiger partial charge on any atom is -0.353 e. The van der Waals surface area contributed by atoms with E-state index in [1.807, 2.05) is 32.9 Å². The number of thiophene rings is 1. The van der Waals surface area contributed by atoms with Gasteiger partial charge in [-0.3, -0.25) is 4.79 Å². The van der Waals surface area contributed by atoms with Crippen molar-refractivity contribution in [2.45, 2.75) is 32.9 Å². The summed E-state index contributed by atoms with van der Waals surface area (Å²) in [6.07, 6.45) is 0. The van der Waals surface area contributed by atoms with Crippen LogP contribution in [-0.4, -0.2) is 18.5 Å². The molecule has 90 valence electrons. The van der Waals surface area contributed by atoms with Crippen molar-refractivity contribution in [1.29, 1.82) is 0 Å². The monoisotopic (exact) mass is 260 g/mol. The van der Waals surface area contributed by atoms with Crippen LogP contribution in [0.5, 0.6) is 0 Å². The Morgan fingerprint density at radius 2 is 2.12 bits per heavy atom. The molecule has 1 amide bonds. The Morgan fingerprint density at radius 1 is 1.44 bits per heavy atom. The molecule has 1 aromatic heterocycles. The molecular formula is C11H17ClN2OS. The Kier molecular flexibility index (Phi) is 5.25. The van der Waals surface area contributed by atoms with Gasteiger partial charge in [-0.1, -0.05) is 11.6 Å². The summed E-state index contributed by atoms with van der Waals surface area (Å²) in [7, 11) is 0. The highest BCUT2D eigenvalue weighted by molar-refractivity contribution is 7.16. The lowest BCUT2D eigenvalue weighted by molar-refractivity contribution is -0.120. The van der Waals surface area contributed by atoms with Gasteiger partial charge in [0.15, 0.2) is 0 Å². The fourth-order valence-electron chi connectivity index (χ4n) is 1.28. The van der Waals surface area contributed by atoms with E-state index < -0.39 is 0 Å². The van der Waals surface area contributed by atoms with Crippen LogP contribution in [0.1, 0.15) is 31.7 Å². The van der Waals surface area contributed by atoms with Crippen LogP contribution in [0.4, 0.5) is 0 Å². The van der Waals surface area contributed by atoms with E-state index in [-0.39, 0.29) is 18.0 Å². The van der Waals surface area contributed by atoms with Crippen LogP contribution in [0, 0.1) is 0 Å². The second-order valence-corrected chi connectivity index (χ2v) is 5.71. The summed E-state index contributed by atoms with van der Waals surface area (Å²) in [5.41, 5.74) is 0. The van der Waals surface area contributed by atoms with Crippen molar-refractivity contribution in [3.8, 4) is 0 Å². The molecule has 0 radical (unpaired) electrons. The van der Waals surface area contributed by atoms with Crippen LogP contribution >= 0.6 is 22.9 Å².